The molecule has 1 aromatic carbocycles. The molecule has 1 N–H and O–H groups in total. The number of likely N-dealkylation sites (tertiary alicyclic amines) is 1. The van der Waals surface area contributed by atoms with E-state index in [9.17, 15) is 9.18 Å². The minimum absolute atomic E-state index is 0.0744. The number of benzene rings is 1. The third-order valence-electron chi connectivity index (χ3n) is 5.57. The second-order valence-corrected chi connectivity index (χ2v) is 7.28. The molecular formula is C21H24FN5O. The van der Waals surface area contributed by atoms with E-state index in [4.69, 9.17) is 0 Å². The van der Waals surface area contributed by atoms with Crippen molar-refractivity contribution in [2.45, 2.75) is 38.3 Å². The average molecular weight is 381 g/mol. The maximum absolute atomic E-state index is 13.7. The van der Waals surface area contributed by atoms with Crippen molar-refractivity contribution in [1.29, 1.82) is 0 Å². The van der Waals surface area contributed by atoms with Crippen LogP contribution in [0.15, 0.2) is 48.7 Å². The zero-order valence-corrected chi connectivity index (χ0v) is 15.9. The highest BCUT2D eigenvalue weighted by atomic mass is 19.1. The van der Waals surface area contributed by atoms with Crippen molar-refractivity contribution in [2.24, 2.45) is 0 Å². The van der Waals surface area contributed by atoms with Crippen molar-refractivity contribution < 1.29 is 9.18 Å². The van der Waals surface area contributed by atoms with E-state index in [1.807, 2.05) is 35.7 Å². The van der Waals surface area contributed by atoms with Gasteiger partial charge in [0.2, 0.25) is 5.91 Å². The van der Waals surface area contributed by atoms with Gasteiger partial charge in [-0.25, -0.2) is 4.39 Å². The molecule has 28 heavy (non-hydrogen) atoms. The lowest BCUT2D eigenvalue weighted by molar-refractivity contribution is -0.126. The standard InChI is InChI=1S/C21H24FN5O/c1-15(21(28)23-14-17-6-2-3-7-18(17)22)26-12-9-16(10-13-26)20-25-24-19-8-4-5-11-27(19)20/h2-8,11,15-16H,9-10,12-14H2,1H3,(H,23,28). The zero-order valence-electron chi connectivity index (χ0n) is 15.9. The van der Waals surface area contributed by atoms with Crippen LogP contribution < -0.4 is 5.32 Å². The van der Waals surface area contributed by atoms with Gasteiger partial charge in [-0.3, -0.25) is 14.1 Å². The lowest BCUT2D eigenvalue weighted by Gasteiger charge is -2.34. The molecule has 1 unspecified atom stereocenters. The predicted octanol–water partition coefficient (Wildman–Crippen LogP) is 2.75. The summed E-state index contributed by atoms with van der Waals surface area (Å²) in [6.45, 7) is 3.75. The van der Waals surface area contributed by atoms with Gasteiger partial charge < -0.3 is 5.32 Å². The molecule has 4 rings (SSSR count). The molecule has 1 fully saturated rings. The fourth-order valence-corrected chi connectivity index (χ4v) is 3.82. The Hall–Kier alpha value is -2.80. The first-order valence-corrected chi connectivity index (χ1v) is 9.68. The van der Waals surface area contributed by atoms with Gasteiger partial charge in [0.15, 0.2) is 5.65 Å². The van der Waals surface area contributed by atoms with Gasteiger partial charge in [-0.1, -0.05) is 24.3 Å². The van der Waals surface area contributed by atoms with Gasteiger partial charge in [-0.05, 0) is 51.1 Å². The number of pyridine rings is 1. The van der Waals surface area contributed by atoms with Crippen molar-refractivity contribution in [3.63, 3.8) is 0 Å². The van der Waals surface area contributed by atoms with E-state index in [0.717, 1.165) is 37.4 Å². The van der Waals surface area contributed by atoms with E-state index in [-0.39, 0.29) is 24.3 Å². The molecule has 1 saturated heterocycles. The summed E-state index contributed by atoms with van der Waals surface area (Å²) in [4.78, 5) is 14.7. The Morgan fingerprint density at radius 3 is 2.71 bits per heavy atom. The fraction of sp³-hybridized carbons (Fsp3) is 0.381. The smallest absolute Gasteiger partial charge is 0.237 e. The molecule has 1 aliphatic heterocycles. The van der Waals surface area contributed by atoms with Gasteiger partial charge in [-0.2, -0.15) is 0 Å². The summed E-state index contributed by atoms with van der Waals surface area (Å²) >= 11 is 0. The average Bonchev–Trinajstić information content (AvgIpc) is 3.17. The van der Waals surface area contributed by atoms with Crippen molar-refractivity contribution >= 4 is 11.6 Å². The van der Waals surface area contributed by atoms with Crippen LogP contribution in [0.2, 0.25) is 0 Å². The van der Waals surface area contributed by atoms with E-state index in [1.54, 1.807) is 18.2 Å². The summed E-state index contributed by atoms with van der Waals surface area (Å²) < 4.78 is 15.8. The molecule has 0 aliphatic carbocycles. The molecule has 1 amide bonds. The van der Waals surface area contributed by atoms with Crippen LogP contribution in [0.25, 0.3) is 5.65 Å². The summed E-state index contributed by atoms with van der Waals surface area (Å²) in [5.74, 6) is 0.959. The van der Waals surface area contributed by atoms with Gasteiger partial charge in [0.05, 0.1) is 6.04 Å². The molecule has 0 bridgehead atoms. The second-order valence-electron chi connectivity index (χ2n) is 7.28. The second kappa shape index (κ2) is 8.06. The topological polar surface area (TPSA) is 62.5 Å². The van der Waals surface area contributed by atoms with Gasteiger partial charge in [0.25, 0.3) is 0 Å². The van der Waals surface area contributed by atoms with Gasteiger partial charge in [0.1, 0.15) is 11.6 Å². The summed E-state index contributed by atoms with van der Waals surface area (Å²) in [6.07, 6.45) is 3.86. The zero-order chi connectivity index (χ0) is 19.5. The largest absolute Gasteiger partial charge is 0.351 e. The number of fused-ring (bicyclic) bond motifs is 1. The maximum Gasteiger partial charge on any atom is 0.237 e. The van der Waals surface area contributed by atoms with Gasteiger partial charge in [0, 0.05) is 24.2 Å². The fourth-order valence-electron chi connectivity index (χ4n) is 3.82. The third kappa shape index (κ3) is 3.75. The number of hydrogen-bond acceptors (Lipinski definition) is 4. The molecule has 1 atom stereocenters. The highest BCUT2D eigenvalue weighted by molar-refractivity contribution is 5.81. The number of aromatic nitrogens is 3. The Morgan fingerprint density at radius 1 is 1.18 bits per heavy atom. The van der Waals surface area contributed by atoms with Crippen LogP contribution >= 0.6 is 0 Å². The summed E-state index contributed by atoms with van der Waals surface area (Å²) in [6, 6.07) is 12.2. The number of halogens is 1. The van der Waals surface area contributed by atoms with Crippen LogP contribution in [0, 0.1) is 5.82 Å². The van der Waals surface area contributed by atoms with Gasteiger partial charge in [-0.15, -0.1) is 10.2 Å². The third-order valence-corrected chi connectivity index (χ3v) is 5.57. The van der Waals surface area contributed by atoms with Gasteiger partial charge >= 0.3 is 0 Å². The van der Waals surface area contributed by atoms with Crippen LogP contribution in [0.4, 0.5) is 4.39 Å². The number of nitrogens with one attached hydrogen (secondary N) is 1. The molecule has 0 radical (unpaired) electrons. The molecule has 3 heterocycles. The van der Waals surface area contributed by atoms with Crippen LogP contribution in [0.5, 0.6) is 0 Å². The highest BCUT2D eigenvalue weighted by Gasteiger charge is 2.29. The van der Waals surface area contributed by atoms with E-state index in [1.165, 1.54) is 6.07 Å². The quantitative estimate of drug-likeness (QED) is 0.738. The Kier molecular flexibility index (Phi) is 5.34. The maximum atomic E-state index is 13.7. The molecule has 2 aromatic heterocycles. The molecule has 0 spiro atoms. The van der Waals surface area contributed by atoms with Crippen LogP contribution in [-0.4, -0.2) is 44.5 Å². The molecule has 146 valence electrons. The number of nitrogens with zero attached hydrogens (tertiary/aromatic N) is 4. The van der Waals surface area contributed by atoms with E-state index >= 15 is 0 Å². The number of hydrogen-bond donors (Lipinski definition) is 1. The highest BCUT2D eigenvalue weighted by Crippen LogP contribution is 2.28. The Morgan fingerprint density at radius 2 is 1.93 bits per heavy atom. The molecule has 6 nitrogen and oxygen atoms in total. The van der Waals surface area contributed by atoms with Crippen molar-refractivity contribution in [1.82, 2.24) is 24.8 Å². The summed E-state index contributed by atoms with van der Waals surface area (Å²) in [5.41, 5.74) is 1.36. The monoisotopic (exact) mass is 381 g/mol. The van der Waals surface area contributed by atoms with Crippen LogP contribution in [-0.2, 0) is 11.3 Å². The summed E-state index contributed by atoms with van der Waals surface area (Å²) in [7, 11) is 0. The number of amides is 1. The SMILES string of the molecule is CC(C(=O)NCc1ccccc1F)N1CCC(c2nnc3ccccn23)CC1. The summed E-state index contributed by atoms with van der Waals surface area (Å²) in [5, 5.41) is 11.5. The first-order chi connectivity index (χ1) is 13.6. The lowest BCUT2D eigenvalue weighted by atomic mass is 9.95. The van der Waals surface area contributed by atoms with E-state index in [2.05, 4.69) is 20.4 Å². The molecule has 1 aliphatic rings. The first kappa shape index (κ1) is 18.6. The normalized spacial score (nSPS) is 16.9. The molecular weight excluding hydrogens is 357 g/mol. The molecule has 0 saturated carbocycles. The van der Waals surface area contributed by atoms with Crippen molar-refractivity contribution in [3.8, 4) is 0 Å². The van der Waals surface area contributed by atoms with Crippen LogP contribution in [0.3, 0.4) is 0 Å². The molecule has 3 aromatic rings. The Balaban J connectivity index is 1.33. The van der Waals surface area contributed by atoms with E-state index < -0.39 is 0 Å². The Labute approximate surface area is 163 Å². The van der Waals surface area contributed by atoms with Crippen LogP contribution in [0.1, 0.15) is 37.1 Å². The first-order valence-electron chi connectivity index (χ1n) is 9.68. The lowest BCUT2D eigenvalue weighted by Crippen LogP contribution is -2.48. The van der Waals surface area contributed by atoms with E-state index in [0.29, 0.717) is 11.5 Å². The van der Waals surface area contributed by atoms with Crippen molar-refractivity contribution in [2.75, 3.05) is 13.1 Å². The number of carbonyl (C=O) groups is 1. The van der Waals surface area contributed by atoms with Crippen molar-refractivity contribution in [3.05, 3.63) is 65.9 Å². The number of piperidine rings is 1. The molecule has 7 heteroatoms. The minimum Gasteiger partial charge on any atom is -0.351 e. The number of carbonyl (C=O) groups excluding carboxylic acids is 1. The Bertz CT molecular complexity index is 964. The number of rotatable bonds is 5. The minimum atomic E-state index is -0.295. The predicted molar refractivity (Wildman–Crippen MR) is 104 cm³/mol.